The molecule has 2 aromatic carbocycles. The number of anilines is 3. The smallest absolute Gasteiger partial charge is 0.325 e. The number of piperazine rings is 1. The second kappa shape index (κ2) is 12.5. The van der Waals surface area contributed by atoms with E-state index in [-0.39, 0.29) is 36.8 Å². The van der Waals surface area contributed by atoms with Crippen LogP contribution in [-0.4, -0.2) is 73.9 Å². The minimum Gasteiger partial charge on any atom is -0.465 e. The maximum absolute atomic E-state index is 13.3. The summed E-state index contributed by atoms with van der Waals surface area (Å²) >= 11 is 0. The molecule has 1 aliphatic heterocycles. The third-order valence-electron chi connectivity index (χ3n) is 6.13. The van der Waals surface area contributed by atoms with Gasteiger partial charge in [-0.1, -0.05) is 12.1 Å². The highest BCUT2D eigenvalue weighted by Crippen LogP contribution is 2.23. The van der Waals surface area contributed by atoms with Gasteiger partial charge in [0.25, 0.3) is 5.91 Å². The predicted molar refractivity (Wildman–Crippen MR) is 148 cm³/mol. The van der Waals surface area contributed by atoms with E-state index in [1.54, 1.807) is 44.2 Å². The highest BCUT2D eigenvalue weighted by atomic mass is 32.2. The standard InChI is InChI=1S/C27H29N7O5S/c1-3-39-25(35)18-29-24-7-5-4-6-23(24)26(36)31-20-8-10-22(11-9-20)40(37,38)34-14-12-33(13-15-34)27-30-19(2)16-21(17-28)32-27/h4-11,16,29H,3,12-15,18H2,1-2H3,(H,31,36). The average molecular weight is 564 g/mol. The Morgan fingerprint density at radius 1 is 1.05 bits per heavy atom. The van der Waals surface area contributed by atoms with E-state index in [0.717, 1.165) is 0 Å². The first kappa shape index (κ1) is 28.5. The molecule has 1 saturated heterocycles. The van der Waals surface area contributed by atoms with E-state index in [2.05, 4.69) is 20.6 Å². The molecule has 1 fully saturated rings. The number of para-hydroxylation sites is 1. The van der Waals surface area contributed by atoms with Crippen LogP contribution in [0.25, 0.3) is 0 Å². The van der Waals surface area contributed by atoms with Gasteiger partial charge in [-0.25, -0.2) is 18.4 Å². The van der Waals surface area contributed by atoms with Crippen LogP contribution in [0.3, 0.4) is 0 Å². The second-order valence-corrected chi connectivity index (χ2v) is 10.8. The first-order valence-electron chi connectivity index (χ1n) is 12.6. The summed E-state index contributed by atoms with van der Waals surface area (Å²) in [4.78, 5) is 35.2. The van der Waals surface area contributed by atoms with Crippen LogP contribution in [0.5, 0.6) is 0 Å². The van der Waals surface area contributed by atoms with Crippen molar-refractivity contribution in [3.63, 3.8) is 0 Å². The first-order valence-corrected chi connectivity index (χ1v) is 14.1. The SMILES string of the molecule is CCOC(=O)CNc1ccccc1C(=O)Nc1ccc(S(=O)(=O)N2CCN(c3nc(C)cc(C#N)n3)CC2)cc1. The minimum absolute atomic E-state index is 0.0854. The van der Waals surface area contributed by atoms with E-state index in [0.29, 0.717) is 41.7 Å². The van der Waals surface area contributed by atoms with Crippen molar-refractivity contribution in [3.05, 3.63) is 71.5 Å². The van der Waals surface area contributed by atoms with Crippen LogP contribution in [0, 0.1) is 18.3 Å². The molecule has 12 nitrogen and oxygen atoms in total. The number of ether oxygens (including phenoxy) is 1. The van der Waals surface area contributed by atoms with Gasteiger partial charge >= 0.3 is 5.97 Å². The van der Waals surface area contributed by atoms with E-state index in [9.17, 15) is 18.0 Å². The number of hydrogen-bond donors (Lipinski definition) is 2. The monoisotopic (exact) mass is 563 g/mol. The molecule has 0 saturated carbocycles. The quantitative estimate of drug-likeness (QED) is 0.370. The Bertz CT molecular complexity index is 1530. The van der Waals surface area contributed by atoms with E-state index < -0.39 is 21.9 Å². The van der Waals surface area contributed by atoms with Gasteiger partial charge in [-0.15, -0.1) is 0 Å². The number of amides is 1. The normalized spacial score (nSPS) is 13.8. The van der Waals surface area contributed by atoms with Gasteiger partial charge in [0.1, 0.15) is 18.3 Å². The number of rotatable bonds is 9. The Hall–Kier alpha value is -4.54. The van der Waals surface area contributed by atoms with Crippen LogP contribution in [0.1, 0.15) is 28.7 Å². The van der Waals surface area contributed by atoms with Gasteiger partial charge in [0, 0.05) is 43.2 Å². The summed E-state index contributed by atoms with van der Waals surface area (Å²) in [5, 5.41) is 14.8. The first-order chi connectivity index (χ1) is 19.2. The van der Waals surface area contributed by atoms with Crippen molar-refractivity contribution in [1.29, 1.82) is 5.26 Å². The van der Waals surface area contributed by atoms with Gasteiger partial charge in [0.05, 0.1) is 17.1 Å². The molecule has 13 heteroatoms. The van der Waals surface area contributed by atoms with Crippen molar-refractivity contribution in [2.24, 2.45) is 0 Å². The predicted octanol–water partition coefficient (Wildman–Crippen LogP) is 2.39. The molecule has 2 heterocycles. The number of sulfonamides is 1. The number of carbonyl (C=O) groups is 2. The number of carbonyl (C=O) groups excluding carboxylic acids is 2. The maximum Gasteiger partial charge on any atom is 0.325 e. The van der Waals surface area contributed by atoms with Crippen LogP contribution >= 0.6 is 0 Å². The number of nitriles is 1. The number of aryl methyl sites for hydroxylation is 1. The molecule has 208 valence electrons. The van der Waals surface area contributed by atoms with E-state index in [1.165, 1.54) is 28.6 Å². The summed E-state index contributed by atoms with van der Waals surface area (Å²) < 4.78 is 32.8. The number of nitrogens with one attached hydrogen (secondary N) is 2. The third-order valence-corrected chi connectivity index (χ3v) is 8.04. The molecule has 0 unspecified atom stereocenters. The summed E-state index contributed by atoms with van der Waals surface area (Å²) in [5.41, 5.74) is 2.13. The molecule has 0 aliphatic carbocycles. The van der Waals surface area contributed by atoms with Crippen molar-refractivity contribution >= 4 is 39.2 Å². The topological polar surface area (TPSA) is 158 Å². The fourth-order valence-corrected chi connectivity index (χ4v) is 5.57. The van der Waals surface area contributed by atoms with Crippen LogP contribution in [0.2, 0.25) is 0 Å². The molecule has 1 amide bonds. The number of nitrogens with zero attached hydrogens (tertiary/aromatic N) is 5. The molecular weight excluding hydrogens is 534 g/mol. The second-order valence-electron chi connectivity index (χ2n) is 8.88. The third kappa shape index (κ3) is 6.71. The lowest BCUT2D eigenvalue weighted by Gasteiger charge is -2.34. The lowest BCUT2D eigenvalue weighted by molar-refractivity contribution is -0.140. The van der Waals surface area contributed by atoms with Crippen molar-refractivity contribution in [2.45, 2.75) is 18.7 Å². The lowest BCUT2D eigenvalue weighted by Crippen LogP contribution is -2.49. The molecule has 0 atom stereocenters. The zero-order chi connectivity index (χ0) is 28.7. The Balaban J connectivity index is 1.38. The molecular formula is C27H29N7O5S. The molecule has 0 radical (unpaired) electrons. The Labute approximate surface area is 232 Å². The summed E-state index contributed by atoms with van der Waals surface area (Å²) in [7, 11) is -3.77. The fourth-order valence-electron chi connectivity index (χ4n) is 4.15. The zero-order valence-electron chi connectivity index (χ0n) is 22.1. The minimum atomic E-state index is -3.77. The number of hydrogen-bond acceptors (Lipinski definition) is 10. The van der Waals surface area contributed by atoms with Crippen molar-refractivity contribution in [3.8, 4) is 6.07 Å². The van der Waals surface area contributed by atoms with Crippen molar-refractivity contribution in [1.82, 2.24) is 14.3 Å². The largest absolute Gasteiger partial charge is 0.465 e. The highest BCUT2D eigenvalue weighted by molar-refractivity contribution is 7.89. The number of esters is 1. The molecule has 1 aromatic heterocycles. The van der Waals surface area contributed by atoms with E-state index in [4.69, 9.17) is 10.00 Å². The molecule has 2 N–H and O–H groups in total. The summed E-state index contributed by atoms with van der Waals surface area (Å²) in [6.07, 6.45) is 0. The van der Waals surface area contributed by atoms with Gasteiger partial charge in [-0.3, -0.25) is 9.59 Å². The van der Waals surface area contributed by atoms with Crippen LogP contribution in [0.15, 0.2) is 59.5 Å². The summed E-state index contributed by atoms with van der Waals surface area (Å²) in [5.74, 6) is -0.449. The number of benzene rings is 2. The molecule has 40 heavy (non-hydrogen) atoms. The van der Waals surface area contributed by atoms with E-state index >= 15 is 0 Å². The molecule has 1 aliphatic rings. The summed E-state index contributed by atoms with van der Waals surface area (Å²) in [6.45, 7) is 4.89. The summed E-state index contributed by atoms with van der Waals surface area (Å²) in [6, 6.07) is 16.3. The van der Waals surface area contributed by atoms with Crippen LogP contribution in [-0.2, 0) is 19.6 Å². The zero-order valence-corrected chi connectivity index (χ0v) is 22.9. The van der Waals surface area contributed by atoms with Gasteiger partial charge in [0.2, 0.25) is 16.0 Å². The van der Waals surface area contributed by atoms with Gasteiger partial charge in [-0.05, 0) is 56.3 Å². The molecule has 0 spiro atoms. The maximum atomic E-state index is 13.3. The van der Waals surface area contributed by atoms with Crippen LogP contribution < -0.4 is 15.5 Å². The molecule has 4 rings (SSSR count). The van der Waals surface area contributed by atoms with Crippen molar-refractivity contribution in [2.75, 3.05) is 54.9 Å². The highest BCUT2D eigenvalue weighted by Gasteiger charge is 2.29. The van der Waals surface area contributed by atoms with E-state index in [1.807, 2.05) is 11.0 Å². The molecule has 3 aromatic rings. The van der Waals surface area contributed by atoms with Gasteiger partial charge in [0.15, 0.2) is 0 Å². The number of aromatic nitrogens is 2. The van der Waals surface area contributed by atoms with Crippen LogP contribution in [0.4, 0.5) is 17.3 Å². The average Bonchev–Trinajstić information content (AvgIpc) is 2.96. The van der Waals surface area contributed by atoms with Gasteiger partial charge in [-0.2, -0.15) is 9.57 Å². The Morgan fingerprint density at radius 2 is 1.75 bits per heavy atom. The van der Waals surface area contributed by atoms with Crippen molar-refractivity contribution < 1.29 is 22.7 Å². The fraction of sp³-hybridized carbons (Fsp3) is 0.296. The Kier molecular flexibility index (Phi) is 8.93. The lowest BCUT2D eigenvalue weighted by atomic mass is 10.1. The van der Waals surface area contributed by atoms with Gasteiger partial charge < -0.3 is 20.3 Å². The Morgan fingerprint density at radius 3 is 2.42 bits per heavy atom. The molecule has 0 bridgehead atoms.